The van der Waals surface area contributed by atoms with E-state index in [1.54, 1.807) is 36.4 Å². The Morgan fingerprint density at radius 3 is 2.44 bits per heavy atom. The SMILES string of the molecule is Cc1ccc(N2C(=O)/C(=C/c3ccc(OCC(=O)Nc4ccc(Cl)c(Cl)c4)cc3)SC2=S)cc1. The van der Waals surface area contributed by atoms with Crippen LogP contribution in [0.15, 0.2) is 71.6 Å². The van der Waals surface area contributed by atoms with E-state index in [0.717, 1.165) is 16.8 Å². The van der Waals surface area contributed by atoms with Crippen molar-refractivity contribution in [3.8, 4) is 5.75 Å². The Hall–Kier alpha value is -2.84. The lowest BCUT2D eigenvalue weighted by Crippen LogP contribution is -2.27. The van der Waals surface area contributed by atoms with Gasteiger partial charge in [0.1, 0.15) is 5.75 Å². The van der Waals surface area contributed by atoms with Gasteiger partial charge in [-0.25, -0.2) is 0 Å². The molecule has 34 heavy (non-hydrogen) atoms. The first-order chi connectivity index (χ1) is 16.3. The van der Waals surface area contributed by atoms with E-state index in [4.69, 9.17) is 40.2 Å². The van der Waals surface area contributed by atoms with Crippen molar-refractivity contribution < 1.29 is 14.3 Å². The number of ether oxygens (including phenoxy) is 1. The molecule has 5 nitrogen and oxygen atoms in total. The maximum atomic E-state index is 12.9. The summed E-state index contributed by atoms with van der Waals surface area (Å²) in [5.41, 5.74) is 3.21. The summed E-state index contributed by atoms with van der Waals surface area (Å²) < 4.78 is 6.04. The van der Waals surface area contributed by atoms with E-state index in [1.165, 1.54) is 16.7 Å². The fourth-order valence-electron chi connectivity index (χ4n) is 3.12. The third kappa shape index (κ3) is 5.80. The monoisotopic (exact) mass is 528 g/mol. The number of nitrogens with zero attached hydrogens (tertiary/aromatic N) is 1. The second kappa shape index (κ2) is 10.6. The highest BCUT2D eigenvalue weighted by molar-refractivity contribution is 8.27. The maximum absolute atomic E-state index is 12.9. The average molecular weight is 529 g/mol. The second-order valence-electron chi connectivity index (χ2n) is 7.39. The van der Waals surface area contributed by atoms with Crippen molar-refractivity contribution in [2.24, 2.45) is 0 Å². The summed E-state index contributed by atoms with van der Waals surface area (Å²) in [5, 5.41) is 3.46. The molecule has 1 saturated heterocycles. The molecule has 4 rings (SSSR count). The number of hydrogen-bond donors (Lipinski definition) is 1. The van der Waals surface area contributed by atoms with E-state index in [9.17, 15) is 9.59 Å². The lowest BCUT2D eigenvalue weighted by Gasteiger charge is -2.14. The Labute approximate surface area is 216 Å². The van der Waals surface area contributed by atoms with Crippen LogP contribution in [0.25, 0.3) is 6.08 Å². The first-order valence-corrected chi connectivity index (χ1v) is 12.1. The van der Waals surface area contributed by atoms with E-state index in [1.807, 2.05) is 43.3 Å². The number of nitrogens with one attached hydrogen (secondary N) is 1. The van der Waals surface area contributed by atoms with Gasteiger partial charge in [0, 0.05) is 5.69 Å². The van der Waals surface area contributed by atoms with E-state index < -0.39 is 0 Å². The molecular weight excluding hydrogens is 511 g/mol. The smallest absolute Gasteiger partial charge is 0.270 e. The molecule has 0 bridgehead atoms. The number of carbonyl (C=O) groups is 2. The molecule has 1 fully saturated rings. The van der Waals surface area contributed by atoms with Gasteiger partial charge in [-0.1, -0.05) is 77.0 Å². The van der Waals surface area contributed by atoms with Gasteiger partial charge in [-0.3, -0.25) is 14.5 Å². The Morgan fingerprint density at radius 1 is 1.06 bits per heavy atom. The van der Waals surface area contributed by atoms with Crippen LogP contribution in [-0.2, 0) is 9.59 Å². The van der Waals surface area contributed by atoms with Crippen LogP contribution in [0.1, 0.15) is 11.1 Å². The second-order valence-corrected chi connectivity index (χ2v) is 9.88. The van der Waals surface area contributed by atoms with Crippen LogP contribution >= 0.6 is 47.2 Å². The van der Waals surface area contributed by atoms with Gasteiger partial charge in [0.15, 0.2) is 10.9 Å². The first-order valence-electron chi connectivity index (χ1n) is 10.1. The number of anilines is 2. The lowest BCUT2D eigenvalue weighted by molar-refractivity contribution is -0.118. The zero-order valence-corrected chi connectivity index (χ0v) is 21.0. The number of carbonyl (C=O) groups excluding carboxylic acids is 2. The van der Waals surface area contributed by atoms with Crippen LogP contribution in [0.5, 0.6) is 5.75 Å². The van der Waals surface area contributed by atoms with Gasteiger partial charge in [-0.2, -0.15) is 0 Å². The van der Waals surface area contributed by atoms with Gasteiger partial charge in [-0.05, 0) is 61.0 Å². The summed E-state index contributed by atoms with van der Waals surface area (Å²) in [6, 6.07) is 19.6. The Bertz CT molecular complexity index is 1290. The summed E-state index contributed by atoms with van der Waals surface area (Å²) in [6.07, 6.45) is 1.79. The molecular formula is C25H18Cl2N2O3S2. The highest BCUT2D eigenvalue weighted by atomic mass is 35.5. The number of amides is 2. The van der Waals surface area contributed by atoms with Crippen molar-refractivity contribution in [1.82, 2.24) is 0 Å². The lowest BCUT2D eigenvalue weighted by atomic mass is 10.2. The van der Waals surface area contributed by atoms with E-state index in [0.29, 0.717) is 30.7 Å². The zero-order valence-electron chi connectivity index (χ0n) is 17.9. The Kier molecular flexibility index (Phi) is 7.58. The number of benzene rings is 3. The van der Waals surface area contributed by atoms with Gasteiger partial charge < -0.3 is 10.1 Å². The number of hydrogen-bond acceptors (Lipinski definition) is 5. The molecule has 1 N–H and O–H groups in total. The molecule has 1 aliphatic rings. The van der Waals surface area contributed by atoms with Crippen molar-refractivity contribution in [2.45, 2.75) is 6.92 Å². The molecule has 0 aliphatic carbocycles. The van der Waals surface area contributed by atoms with Crippen LogP contribution in [0.4, 0.5) is 11.4 Å². The summed E-state index contributed by atoms with van der Waals surface area (Å²) in [4.78, 5) is 27.1. The van der Waals surface area contributed by atoms with Crippen LogP contribution in [0.2, 0.25) is 10.0 Å². The van der Waals surface area contributed by atoms with E-state index in [-0.39, 0.29) is 18.4 Å². The van der Waals surface area contributed by atoms with Crippen molar-refractivity contribution in [2.75, 3.05) is 16.8 Å². The van der Waals surface area contributed by atoms with Crippen molar-refractivity contribution in [1.29, 1.82) is 0 Å². The summed E-state index contributed by atoms with van der Waals surface area (Å²) in [7, 11) is 0. The quantitative estimate of drug-likeness (QED) is 0.284. The summed E-state index contributed by atoms with van der Waals surface area (Å²) >= 11 is 18.5. The van der Waals surface area contributed by atoms with Crippen LogP contribution < -0.4 is 15.0 Å². The molecule has 0 saturated carbocycles. The minimum atomic E-state index is -0.331. The minimum Gasteiger partial charge on any atom is -0.484 e. The number of halogens is 2. The average Bonchev–Trinajstić information content (AvgIpc) is 3.09. The van der Waals surface area contributed by atoms with Gasteiger partial charge in [-0.15, -0.1) is 0 Å². The molecule has 172 valence electrons. The van der Waals surface area contributed by atoms with E-state index in [2.05, 4.69) is 5.32 Å². The Morgan fingerprint density at radius 2 is 1.76 bits per heavy atom. The fraction of sp³-hybridized carbons (Fsp3) is 0.0800. The highest BCUT2D eigenvalue weighted by Gasteiger charge is 2.33. The fourth-order valence-corrected chi connectivity index (χ4v) is 4.71. The van der Waals surface area contributed by atoms with Gasteiger partial charge in [0.25, 0.3) is 11.8 Å². The Balaban J connectivity index is 1.36. The molecule has 0 radical (unpaired) electrons. The van der Waals surface area contributed by atoms with Gasteiger partial charge in [0.05, 0.1) is 20.6 Å². The molecule has 0 spiro atoms. The topological polar surface area (TPSA) is 58.6 Å². The molecule has 9 heteroatoms. The highest BCUT2D eigenvalue weighted by Crippen LogP contribution is 2.36. The number of rotatable bonds is 6. The minimum absolute atomic E-state index is 0.154. The summed E-state index contributed by atoms with van der Waals surface area (Å²) in [5.74, 6) is 0.0361. The number of thioether (sulfide) groups is 1. The van der Waals surface area contributed by atoms with Crippen molar-refractivity contribution in [3.05, 3.63) is 92.8 Å². The molecule has 1 heterocycles. The molecule has 0 aromatic heterocycles. The third-order valence-electron chi connectivity index (χ3n) is 4.84. The standard InChI is InChI=1S/C25H18Cl2N2O3S2/c1-15-2-7-18(8-3-15)29-24(31)22(34-25(29)33)12-16-4-9-19(10-5-16)32-14-23(30)28-17-6-11-20(26)21(27)13-17/h2-13H,14H2,1H3,(H,28,30)/b22-12-. The predicted octanol–water partition coefficient (Wildman–Crippen LogP) is 6.73. The summed E-state index contributed by atoms with van der Waals surface area (Å²) in [6.45, 7) is 1.82. The number of thiocarbonyl (C=S) groups is 1. The van der Waals surface area contributed by atoms with Gasteiger partial charge in [0.2, 0.25) is 0 Å². The van der Waals surface area contributed by atoms with Crippen LogP contribution in [0.3, 0.4) is 0 Å². The molecule has 0 unspecified atom stereocenters. The normalized spacial score (nSPS) is 14.6. The zero-order chi connectivity index (χ0) is 24.2. The molecule has 2 amide bonds. The molecule has 0 atom stereocenters. The molecule has 1 aliphatic heterocycles. The molecule has 3 aromatic rings. The van der Waals surface area contributed by atoms with E-state index >= 15 is 0 Å². The first kappa shape index (κ1) is 24.3. The largest absolute Gasteiger partial charge is 0.484 e. The van der Waals surface area contributed by atoms with Crippen molar-refractivity contribution >= 4 is 80.8 Å². The predicted molar refractivity (Wildman–Crippen MR) is 144 cm³/mol. The third-order valence-corrected chi connectivity index (χ3v) is 6.88. The van der Waals surface area contributed by atoms with Crippen LogP contribution in [0, 0.1) is 6.92 Å². The van der Waals surface area contributed by atoms with Gasteiger partial charge >= 0.3 is 0 Å². The maximum Gasteiger partial charge on any atom is 0.270 e. The molecule has 3 aromatic carbocycles. The van der Waals surface area contributed by atoms with Crippen molar-refractivity contribution in [3.63, 3.8) is 0 Å². The number of aryl methyl sites for hydroxylation is 1. The van der Waals surface area contributed by atoms with Crippen LogP contribution in [-0.4, -0.2) is 22.7 Å².